The zero-order valence-electron chi connectivity index (χ0n) is 13.0. The minimum absolute atomic E-state index is 0.134. The van der Waals surface area contributed by atoms with Gasteiger partial charge in [0.25, 0.3) is 0 Å². The summed E-state index contributed by atoms with van der Waals surface area (Å²) in [5, 5.41) is 3.63. The van der Waals surface area contributed by atoms with Crippen molar-refractivity contribution < 1.29 is 4.39 Å². The highest BCUT2D eigenvalue weighted by Crippen LogP contribution is 2.14. The topological polar surface area (TPSA) is 15.3 Å². The molecule has 1 aliphatic rings. The number of benzene rings is 1. The van der Waals surface area contributed by atoms with Gasteiger partial charge in [0, 0.05) is 32.2 Å². The van der Waals surface area contributed by atoms with E-state index < -0.39 is 0 Å². The van der Waals surface area contributed by atoms with Gasteiger partial charge < -0.3 is 10.2 Å². The van der Waals surface area contributed by atoms with E-state index in [1.165, 1.54) is 12.0 Å². The number of nitrogens with one attached hydrogen (secondary N) is 1. The van der Waals surface area contributed by atoms with Gasteiger partial charge in [-0.2, -0.15) is 0 Å². The fourth-order valence-corrected chi connectivity index (χ4v) is 2.93. The molecule has 0 amide bonds. The van der Waals surface area contributed by atoms with Gasteiger partial charge in [0.2, 0.25) is 0 Å². The summed E-state index contributed by atoms with van der Waals surface area (Å²) in [6, 6.07) is 5.75. The fourth-order valence-electron chi connectivity index (χ4n) is 2.93. The van der Waals surface area contributed by atoms with Crippen molar-refractivity contribution in [1.82, 2.24) is 10.2 Å². The Balaban J connectivity index is 1.87. The van der Waals surface area contributed by atoms with Crippen molar-refractivity contribution in [3.63, 3.8) is 0 Å². The zero-order valence-corrected chi connectivity index (χ0v) is 13.0. The second kappa shape index (κ2) is 7.19. The van der Waals surface area contributed by atoms with Gasteiger partial charge in [-0.25, -0.2) is 4.39 Å². The summed E-state index contributed by atoms with van der Waals surface area (Å²) in [4.78, 5) is 2.54. The number of rotatable bonds is 5. The Morgan fingerprint density at radius 2 is 2.25 bits per heavy atom. The molecule has 3 heteroatoms. The highest BCUT2D eigenvalue weighted by molar-refractivity contribution is 5.26. The van der Waals surface area contributed by atoms with Crippen LogP contribution < -0.4 is 5.32 Å². The standard InChI is InChI=1S/C17H27FN2/c1-4-13(2)17-12-20(10-8-19-17)9-7-15-5-6-16(18)11-14(15)3/h5-6,11,13,17,19H,4,7-10,12H2,1-3H3. The molecule has 1 N–H and O–H groups in total. The molecule has 0 bridgehead atoms. The van der Waals surface area contributed by atoms with Crippen LogP contribution in [0, 0.1) is 18.7 Å². The third-order valence-electron chi connectivity index (χ3n) is 4.62. The first-order valence-corrected chi connectivity index (χ1v) is 7.81. The Morgan fingerprint density at radius 1 is 1.45 bits per heavy atom. The Labute approximate surface area is 122 Å². The zero-order chi connectivity index (χ0) is 14.5. The molecule has 2 nitrogen and oxygen atoms in total. The Kier molecular flexibility index (Phi) is 5.55. The molecule has 0 saturated carbocycles. The van der Waals surface area contributed by atoms with Crippen molar-refractivity contribution in [1.29, 1.82) is 0 Å². The van der Waals surface area contributed by atoms with E-state index in [4.69, 9.17) is 0 Å². The molecular weight excluding hydrogens is 251 g/mol. The maximum atomic E-state index is 13.1. The third-order valence-corrected chi connectivity index (χ3v) is 4.62. The fraction of sp³-hybridized carbons (Fsp3) is 0.647. The van der Waals surface area contributed by atoms with Crippen LogP contribution in [0.15, 0.2) is 18.2 Å². The molecule has 112 valence electrons. The number of piperazine rings is 1. The van der Waals surface area contributed by atoms with Gasteiger partial charge in [0.1, 0.15) is 5.82 Å². The monoisotopic (exact) mass is 278 g/mol. The van der Waals surface area contributed by atoms with E-state index in [1.807, 2.05) is 13.0 Å². The molecule has 1 saturated heterocycles. The first kappa shape index (κ1) is 15.5. The minimum atomic E-state index is -0.134. The van der Waals surface area contributed by atoms with E-state index in [0.29, 0.717) is 6.04 Å². The lowest BCUT2D eigenvalue weighted by atomic mass is 9.97. The average molecular weight is 278 g/mol. The normalized spacial score (nSPS) is 21.9. The second-order valence-corrected chi connectivity index (χ2v) is 6.07. The number of aryl methyl sites for hydroxylation is 1. The SMILES string of the molecule is CCC(C)C1CN(CCc2ccc(F)cc2C)CCN1. The number of halogens is 1. The van der Waals surface area contributed by atoms with Crippen molar-refractivity contribution >= 4 is 0 Å². The highest BCUT2D eigenvalue weighted by Gasteiger charge is 2.22. The van der Waals surface area contributed by atoms with E-state index in [0.717, 1.165) is 44.1 Å². The molecule has 1 aromatic carbocycles. The van der Waals surface area contributed by atoms with Crippen LogP contribution in [0.25, 0.3) is 0 Å². The maximum absolute atomic E-state index is 13.1. The molecule has 0 radical (unpaired) electrons. The van der Waals surface area contributed by atoms with Crippen LogP contribution in [0.5, 0.6) is 0 Å². The number of hydrogen-bond donors (Lipinski definition) is 1. The molecule has 0 spiro atoms. The number of hydrogen-bond acceptors (Lipinski definition) is 2. The van der Waals surface area contributed by atoms with E-state index in [1.54, 1.807) is 12.1 Å². The molecule has 20 heavy (non-hydrogen) atoms. The van der Waals surface area contributed by atoms with E-state index in [2.05, 4.69) is 24.1 Å². The molecule has 2 atom stereocenters. The molecular formula is C17H27FN2. The average Bonchev–Trinajstić information content (AvgIpc) is 2.46. The molecule has 1 aliphatic heterocycles. The van der Waals surface area contributed by atoms with Gasteiger partial charge in [0.15, 0.2) is 0 Å². The molecule has 2 unspecified atom stereocenters. The van der Waals surface area contributed by atoms with Crippen LogP contribution in [0.2, 0.25) is 0 Å². The second-order valence-electron chi connectivity index (χ2n) is 6.07. The summed E-state index contributed by atoms with van der Waals surface area (Å²) >= 11 is 0. The van der Waals surface area contributed by atoms with Crippen LogP contribution in [-0.4, -0.2) is 37.1 Å². The first-order valence-electron chi connectivity index (χ1n) is 7.81. The maximum Gasteiger partial charge on any atom is 0.123 e. The van der Waals surface area contributed by atoms with Crippen LogP contribution in [-0.2, 0) is 6.42 Å². The van der Waals surface area contributed by atoms with Gasteiger partial charge in [-0.1, -0.05) is 26.3 Å². The van der Waals surface area contributed by atoms with Crippen molar-refractivity contribution in [2.75, 3.05) is 26.2 Å². The van der Waals surface area contributed by atoms with Gasteiger partial charge in [-0.3, -0.25) is 0 Å². The Bertz CT molecular complexity index is 433. The lowest BCUT2D eigenvalue weighted by Gasteiger charge is -2.36. The minimum Gasteiger partial charge on any atom is -0.311 e. The predicted octanol–water partition coefficient (Wildman–Crippen LogP) is 3.00. The molecule has 0 aliphatic carbocycles. The van der Waals surface area contributed by atoms with Gasteiger partial charge in [-0.15, -0.1) is 0 Å². The molecule has 1 aromatic rings. The van der Waals surface area contributed by atoms with E-state index in [9.17, 15) is 4.39 Å². The van der Waals surface area contributed by atoms with Crippen molar-refractivity contribution in [3.8, 4) is 0 Å². The summed E-state index contributed by atoms with van der Waals surface area (Å²) in [5.74, 6) is 0.593. The number of nitrogens with zero attached hydrogens (tertiary/aromatic N) is 1. The van der Waals surface area contributed by atoms with Crippen LogP contribution in [0.1, 0.15) is 31.4 Å². The largest absolute Gasteiger partial charge is 0.311 e. The predicted molar refractivity (Wildman–Crippen MR) is 82.5 cm³/mol. The molecule has 1 fully saturated rings. The molecule has 2 rings (SSSR count). The van der Waals surface area contributed by atoms with E-state index in [-0.39, 0.29) is 5.82 Å². The third kappa shape index (κ3) is 4.03. The summed E-state index contributed by atoms with van der Waals surface area (Å²) in [7, 11) is 0. The lowest BCUT2D eigenvalue weighted by molar-refractivity contribution is 0.170. The van der Waals surface area contributed by atoms with Crippen LogP contribution >= 0.6 is 0 Å². The van der Waals surface area contributed by atoms with Crippen LogP contribution in [0.3, 0.4) is 0 Å². The quantitative estimate of drug-likeness (QED) is 0.891. The summed E-state index contributed by atoms with van der Waals surface area (Å²) in [6.45, 7) is 11.0. The van der Waals surface area contributed by atoms with Crippen molar-refractivity contribution in [3.05, 3.63) is 35.1 Å². The Hall–Kier alpha value is -0.930. The van der Waals surface area contributed by atoms with Crippen LogP contribution in [0.4, 0.5) is 4.39 Å². The van der Waals surface area contributed by atoms with Gasteiger partial charge in [-0.05, 0) is 42.5 Å². The smallest absolute Gasteiger partial charge is 0.123 e. The van der Waals surface area contributed by atoms with Crippen molar-refractivity contribution in [2.45, 2.75) is 39.7 Å². The lowest BCUT2D eigenvalue weighted by Crippen LogP contribution is -2.53. The van der Waals surface area contributed by atoms with E-state index >= 15 is 0 Å². The van der Waals surface area contributed by atoms with Crippen molar-refractivity contribution in [2.24, 2.45) is 5.92 Å². The summed E-state index contributed by atoms with van der Waals surface area (Å²) < 4.78 is 13.1. The first-order chi connectivity index (χ1) is 9.60. The Morgan fingerprint density at radius 3 is 2.95 bits per heavy atom. The summed E-state index contributed by atoms with van der Waals surface area (Å²) in [5.41, 5.74) is 2.34. The molecule has 1 heterocycles. The summed E-state index contributed by atoms with van der Waals surface area (Å²) in [6.07, 6.45) is 2.24. The highest BCUT2D eigenvalue weighted by atomic mass is 19.1. The van der Waals surface area contributed by atoms with Gasteiger partial charge >= 0.3 is 0 Å². The molecule has 0 aromatic heterocycles. The van der Waals surface area contributed by atoms with Gasteiger partial charge in [0.05, 0.1) is 0 Å².